The van der Waals surface area contributed by atoms with Crippen LogP contribution in [0.5, 0.6) is 0 Å². The standard InChI is InChI=1S/C15H21NO6/c1-9(18)16-12-14(20)13(19)11(7-17)22-15(12)21-8-10-5-3-2-4-6-10/h2-6,11-15,17,19-20H,7-8H2,1H3,(H,16,18)/t11-,12-,13-,14-,15-/m1/s1. The normalized spacial score (nSPS) is 31.7. The monoisotopic (exact) mass is 311 g/mol. The first kappa shape index (κ1) is 16.9. The molecular formula is C15H21NO6. The molecule has 0 unspecified atom stereocenters. The summed E-state index contributed by atoms with van der Waals surface area (Å²) in [7, 11) is 0. The van der Waals surface area contributed by atoms with Crippen LogP contribution in [0.15, 0.2) is 30.3 Å². The molecule has 0 aliphatic carbocycles. The highest BCUT2D eigenvalue weighted by Crippen LogP contribution is 2.23. The predicted molar refractivity (Wildman–Crippen MR) is 76.6 cm³/mol. The van der Waals surface area contributed by atoms with Gasteiger partial charge in [0, 0.05) is 6.92 Å². The Morgan fingerprint density at radius 2 is 1.95 bits per heavy atom. The SMILES string of the molecule is CC(=O)N[C@H]1[C@H](OCc2ccccc2)O[C@H](CO)[C@@H](O)[C@@H]1O. The summed E-state index contributed by atoms with van der Waals surface area (Å²) in [6.45, 7) is 1.05. The van der Waals surface area contributed by atoms with E-state index < -0.39 is 37.3 Å². The summed E-state index contributed by atoms with van der Waals surface area (Å²) in [5.74, 6) is -0.379. The maximum absolute atomic E-state index is 11.3. The van der Waals surface area contributed by atoms with Crippen LogP contribution in [0, 0.1) is 0 Å². The highest BCUT2D eigenvalue weighted by atomic mass is 16.7. The zero-order valence-corrected chi connectivity index (χ0v) is 12.3. The molecule has 1 aliphatic rings. The van der Waals surface area contributed by atoms with Gasteiger partial charge in [0.15, 0.2) is 6.29 Å². The lowest BCUT2D eigenvalue weighted by atomic mass is 9.97. The van der Waals surface area contributed by atoms with E-state index in [9.17, 15) is 20.1 Å². The number of benzene rings is 1. The molecule has 22 heavy (non-hydrogen) atoms. The van der Waals surface area contributed by atoms with Gasteiger partial charge in [-0.15, -0.1) is 0 Å². The maximum atomic E-state index is 11.3. The van der Waals surface area contributed by atoms with Gasteiger partial charge in [-0.05, 0) is 5.56 Å². The Labute approximate surface area is 128 Å². The summed E-state index contributed by atoms with van der Waals surface area (Å²) in [5, 5.41) is 31.7. The van der Waals surface area contributed by atoms with E-state index in [4.69, 9.17) is 9.47 Å². The Kier molecular flexibility index (Phi) is 5.87. The highest BCUT2D eigenvalue weighted by molar-refractivity contribution is 5.73. The molecule has 0 aromatic heterocycles. The highest BCUT2D eigenvalue weighted by Gasteiger charge is 2.45. The zero-order chi connectivity index (χ0) is 16.1. The third-order valence-corrected chi connectivity index (χ3v) is 3.51. The molecule has 4 N–H and O–H groups in total. The molecule has 1 aliphatic heterocycles. The van der Waals surface area contributed by atoms with Crippen molar-refractivity contribution in [1.29, 1.82) is 0 Å². The minimum absolute atomic E-state index is 0.211. The molecule has 1 fully saturated rings. The van der Waals surface area contributed by atoms with Gasteiger partial charge in [-0.1, -0.05) is 30.3 Å². The summed E-state index contributed by atoms with van der Waals surface area (Å²) < 4.78 is 11.1. The molecule has 0 bridgehead atoms. The summed E-state index contributed by atoms with van der Waals surface area (Å²) in [4.78, 5) is 11.3. The van der Waals surface area contributed by atoms with Crippen LogP contribution in [0.25, 0.3) is 0 Å². The minimum atomic E-state index is -1.31. The van der Waals surface area contributed by atoms with Crippen LogP contribution in [0.2, 0.25) is 0 Å². The van der Waals surface area contributed by atoms with Crippen LogP contribution in [0.3, 0.4) is 0 Å². The van der Waals surface area contributed by atoms with E-state index in [0.29, 0.717) is 0 Å². The Morgan fingerprint density at radius 1 is 1.27 bits per heavy atom. The second-order valence-electron chi connectivity index (χ2n) is 5.23. The number of ether oxygens (including phenoxy) is 2. The molecule has 122 valence electrons. The van der Waals surface area contributed by atoms with Crippen molar-refractivity contribution in [2.45, 2.75) is 44.2 Å². The number of rotatable bonds is 5. The predicted octanol–water partition coefficient (Wildman–Crippen LogP) is -0.853. The van der Waals surface area contributed by atoms with E-state index in [1.54, 1.807) is 0 Å². The van der Waals surface area contributed by atoms with Crippen LogP contribution < -0.4 is 5.32 Å². The van der Waals surface area contributed by atoms with Crippen molar-refractivity contribution < 1.29 is 29.6 Å². The Hall–Kier alpha value is -1.51. The molecule has 1 aromatic carbocycles. The van der Waals surface area contributed by atoms with E-state index in [1.807, 2.05) is 30.3 Å². The summed E-state index contributed by atoms with van der Waals surface area (Å²) >= 11 is 0. The van der Waals surface area contributed by atoms with E-state index in [1.165, 1.54) is 6.92 Å². The summed E-state index contributed by atoms with van der Waals surface area (Å²) in [6.07, 6.45) is -4.55. The zero-order valence-electron chi connectivity index (χ0n) is 12.3. The van der Waals surface area contributed by atoms with Gasteiger partial charge >= 0.3 is 0 Å². The second kappa shape index (κ2) is 7.66. The van der Waals surface area contributed by atoms with E-state index in [-0.39, 0.29) is 12.5 Å². The van der Waals surface area contributed by atoms with Gasteiger partial charge in [0.1, 0.15) is 24.4 Å². The topological polar surface area (TPSA) is 108 Å². The van der Waals surface area contributed by atoms with Gasteiger partial charge in [-0.2, -0.15) is 0 Å². The molecule has 0 radical (unpaired) electrons. The molecule has 0 saturated carbocycles. The van der Waals surface area contributed by atoms with Crippen molar-refractivity contribution in [3.05, 3.63) is 35.9 Å². The number of carbonyl (C=O) groups excluding carboxylic acids is 1. The molecule has 1 amide bonds. The Bertz CT molecular complexity index is 482. The van der Waals surface area contributed by atoms with Crippen molar-refractivity contribution in [1.82, 2.24) is 5.32 Å². The van der Waals surface area contributed by atoms with Gasteiger partial charge in [0.05, 0.1) is 13.2 Å². The van der Waals surface area contributed by atoms with Gasteiger partial charge in [-0.25, -0.2) is 0 Å². The fourth-order valence-electron chi connectivity index (χ4n) is 2.37. The van der Waals surface area contributed by atoms with Crippen molar-refractivity contribution >= 4 is 5.91 Å². The first-order valence-electron chi connectivity index (χ1n) is 7.08. The van der Waals surface area contributed by atoms with Crippen LogP contribution >= 0.6 is 0 Å². The molecule has 0 spiro atoms. The quantitative estimate of drug-likeness (QED) is 0.564. The largest absolute Gasteiger partial charge is 0.394 e. The molecule has 1 heterocycles. The molecule has 1 aromatic rings. The van der Waals surface area contributed by atoms with Crippen molar-refractivity contribution in [2.24, 2.45) is 0 Å². The molecule has 5 atom stereocenters. The lowest BCUT2D eigenvalue weighted by Crippen LogP contribution is -2.64. The van der Waals surface area contributed by atoms with Crippen LogP contribution in [-0.2, 0) is 20.9 Å². The smallest absolute Gasteiger partial charge is 0.217 e. The molecule has 2 rings (SSSR count). The van der Waals surface area contributed by atoms with Gasteiger partial charge in [0.2, 0.25) is 5.91 Å². The number of nitrogens with one attached hydrogen (secondary N) is 1. The van der Waals surface area contributed by atoms with Crippen molar-refractivity contribution in [2.75, 3.05) is 6.61 Å². The first-order chi connectivity index (χ1) is 10.5. The number of aliphatic hydroxyl groups excluding tert-OH is 3. The van der Waals surface area contributed by atoms with E-state index in [0.717, 1.165) is 5.56 Å². The molecule has 1 saturated heterocycles. The second-order valence-corrected chi connectivity index (χ2v) is 5.23. The fourth-order valence-corrected chi connectivity index (χ4v) is 2.37. The van der Waals surface area contributed by atoms with Gasteiger partial charge in [0.25, 0.3) is 0 Å². The lowest BCUT2D eigenvalue weighted by Gasteiger charge is -2.42. The van der Waals surface area contributed by atoms with Gasteiger partial charge in [-0.3, -0.25) is 4.79 Å². The molecular weight excluding hydrogens is 290 g/mol. The molecule has 7 nitrogen and oxygen atoms in total. The third-order valence-electron chi connectivity index (χ3n) is 3.51. The number of hydrogen-bond donors (Lipinski definition) is 4. The van der Waals surface area contributed by atoms with Crippen molar-refractivity contribution in [3.63, 3.8) is 0 Å². The van der Waals surface area contributed by atoms with Crippen molar-refractivity contribution in [3.8, 4) is 0 Å². The summed E-state index contributed by atoms with van der Waals surface area (Å²) in [6, 6.07) is 8.42. The lowest BCUT2D eigenvalue weighted by molar-refractivity contribution is -0.273. The van der Waals surface area contributed by atoms with Crippen LogP contribution in [0.1, 0.15) is 12.5 Å². The summed E-state index contributed by atoms with van der Waals surface area (Å²) in [5.41, 5.74) is 0.897. The van der Waals surface area contributed by atoms with E-state index >= 15 is 0 Å². The first-order valence-corrected chi connectivity index (χ1v) is 7.08. The Balaban J connectivity index is 2.07. The molecule has 7 heteroatoms. The van der Waals surface area contributed by atoms with E-state index in [2.05, 4.69) is 5.32 Å². The average molecular weight is 311 g/mol. The van der Waals surface area contributed by atoms with Crippen LogP contribution in [0.4, 0.5) is 0 Å². The third kappa shape index (κ3) is 4.02. The Morgan fingerprint density at radius 3 is 2.55 bits per heavy atom. The van der Waals surface area contributed by atoms with Gasteiger partial charge < -0.3 is 30.1 Å². The van der Waals surface area contributed by atoms with Crippen LogP contribution in [-0.4, -0.2) is 58.5 Å². The average Bonchev–Trinajstić information content (AvgIpc) is 2.52. The number of aliphatic hydroxyl groups is 3. The number of hydrogen-bond acceptors (Lipinski definition) is 6. The minimum Gasteiger partial charge on any atom is -0.394 e. The fraction of sp³-hybridized carbons (Fsp3) is 0.533. The maximum Gasteiger partial charge on any atom is 0.217 e. The number of amides is 1. The number of carbonyl (C=O) groups is 1.